The van der Waals surface area contributed by atoms with Gasteiger partial charge < -0.3 is 10.2 Å². The quantitative estimate of drug-likeness (QED) is 0.771. The molecular weight excluding hydrogens is 371 g/mol. The van der Waals surface area contributed by atoms with E-state index in [0.29, 0.717) is 28.7 Å². The zero-order chi connectivity index (χ0) is 19.1. The molecule has 0 aromatic heterocycles. The highest BCUT2D eigenvalue weighted by Crippen LogP contribution is 2.25. The summed E-state index contributed by atoms with van der Waals surface area (Å²) in [5.74, 6) is -0.398. The predicted octanol–water partition coefficient (Wildman–Crippen LogP) is 4.09. The molecule has 1 atom stereocenters. The number of carbonyl (C=O) groups is 2. The monoisotopic (exact) mass is 392 g/mol. The lowest BCUT2D eigenvalue weighted by Crippen LogP contribution is -2.48. The first-order valence-electron chi connectivity index (χ1n) is 8.48. The third-order valence-electron chi connectivity index (χ3n) is 4.10. The molecular formula is C20H22Cl2N2O2. The summed E-state index contributed by atoms with van der Waals surface area (Å²) in [5, 5.41) is 3.65. The van der Waals surface area contributed by atoms with Crippen LogP contribution in [0.2, 0.25) is 10.0 Å². The SMILES string of the molecule is CCNC(=O)[C@H](C)N(Cc1ccccc1)C(=O)Cc1c(Cl)cccc1Cl. The fraction of sp³-hybridized carbons (Fsp3) is 0.300. The molecule has 138 valence electrons. The van der Waals surface area contributed by atoms with E-state index < -0.39 is 6.04 Å². The van der Waals surface area contributed by atoms with Gasteiger partial charge in [-0.1, -0.05) is 59.6 Å². The van der Waals surface area contributed by atoms with Crippen LogP contribution in [0.3, 0.4) is 0 Å². The standard InChI is InChI=1S/C20H22Cl2N2O2/c1-3-23-20(26)14(2)24(13-15-8-5-4-6-9-15)19(25)12-16-17(21)10-7-11-18(16)22/h4-11,14H,3,12-13H2,1-2H3,(H,23,26)/t14-/m0/s1. The Bertz CT molecular complexity index is 745. The van der Waals surface area contributed by atoms with Crippen LogP contribution in [-0.4, -0.2) is 29.3 Å². The summed E-state index contributed by atoms with van der Waals surface area (Å²) in [6.07, 6.45) is 0.0368. The van der Waals surface area contributed by atoms with Gasteiger partial charge in [0.25, 0.3) is 0 Å². The molecule has 2 aromatic carbocycles. The number of nitrogens with zero attached hydrogens (tertiary/aromatic N) is 1. The number of hydrogen-bond acceptors (Lipinski definition) is 2. The molecule has 0 unspecified atom stereocenters. The molecule has 0 heterocycles. The van der Waals surface area contributed by atoms with E-state index in [0.717, 1.165) is 5.56 Å². The van der Waals surface area contributed by atoms with Crippen molar-refractivity contribution in [1.82, 2.24) is 10.2 Å². The zero-order valence-electron chi connectivity index (χ0n) is 14.8. The van der Waals surface area contributed by atoms with Crippen LogP contribution >= 0.6 is 23.2 Å². The smallest absolute Gasteiger partial charge is 0.242 e. The van der Waals surface area contributed by atoms with E-state index in [1.165, 1.54) is 0 Å². The van der Waals surface area contributed by atoms with Crippen LogP contribution in [0.25, 0.3) is 0 Å². The van der Waals surface area contributed by atoms with E-state index in [9.17, 15) is 9.59 Å². The Hall–Kier alpha value is -2.04. The lowest BCUT2D eigenvalue weighted by Gasteiger charge is -2.29. The molecule has 1 N–H and O–H groups in total. The molecule has 0 fully saturated rings. The topological polar surface area (TPSA) is 49.4 Å². The molecule has 0 aliphatic rings. The minimum atomic E-state index is -0.607. The van der Waals surface area contributed by atoms with E-state index in [4.69, 9.17) is 23.2 Å². The average molecular weight is 393 g/mol. The van der Waals surface area contributed by atoms with Crippen LogP contribution in [-0.2, 0) is 22.6 Å². The molecule has 6 heteroatoms. The fourth-order valence-corrected chi connectivity index (χ4v) is 3.17. The van der Waals surface area contributed by atoms with Crippen LogP contribution in [0.4, 0.5) is 0 Å². The van der Waals surface area contributed by atoms with E-state index >= 15 is 0 Å². The Labute approximate surface area is 164 Å². The molecule has 0 spiro atoms. The van der Waals surface area contributed by atoms with Crippen molar-refractivity contribution in [2.45, 2.75) is 32.9 Å². The van der Waals surface area contributed by atoms with Gasteiger partial charge in [0.15, 0.2) is 0 Å². The second-order valence-electron chi connectivity index (χ2n) is 5.95. The summed E-state index contributed by atoms with van der Waals surface area (Å²) < 4.78 is 0. The van der Waals surface area contributed by atoms with Gasteiger partial charge in [-0.3, -0.25) is 9.59 Å². The number of halogens is 2. The molecule has 2 rings (SSSR count). The Morgan fingerprint density at radius 3 is 2.23 bits per heavy atom. The number of carbonyl (C=O) groups excluding carboxylic acids is 2. The van der Waals surface area contributed by atoms with Gasteiger partial charge in [-0.25, -0.2) is 0 Å². The first kappa shape index (κ1) is 20.3. The number of benzene rings is 2. The molecule has 0 saturated heterocycles. The van der Waals surface area contributed by atoms with Crippen molar-refractivity contribution >= 4 is 35.0 Å². The van der Waals surface area contributed by atoms with Crippen LogP contribution < -0.4 is 5.32 Å². The van der Waals surface area contributed by atoms with Gasteiger partial charge in [-0.2, -0.15) is 0 Å². The summed E-state index contributed by atoms with van der Waals surface area (Å²) >= 11 is 12.4. The Balaban J connectivity index is 2.26. The van der Waals surface area contributed by atoms with Crippen molar-refractivity contribution in [3.05, 3.63) is 69.7 Å². The molecule has 0 aliphatic heterocycles. The second-order valence-corrected chi connectivity index (χ2v) is 6.77. The summed E-state index contributed by atoms with van der Waals surface area (Å²) in [7, 11) is 0. The zero-order valence-corrected chi connectivity index (χ0v) is 16.3. The normalized spacial score (nSPS) is 11.7. The maximum Gasteiger partial charge on any atom is 0.242 e. The van der Waals surface area contributed by atoms with Crippen LogP contribution in [0.15, 0.2) is 48.5 Å². The Morgan fingerprint density at radius 1 is 1.04 bits per heavy atom. The largest absolute Gasteiger partial charge is 0.355 e. The Kier molecular flexibility index (Phi) is 7.49. The summed E-state index contributed by atoms with van der Waals surface area (Å²) in [6.45, 7) is 4.41. The molecule has 0 radical (unpaired) electrons. The van der Waals surface area contributed by atoms with E-state index in [1.54, 1.807) is 30.0 Å². The van der Waals surface area contributed by atoms with Gasteiger partial charge >= 0.3 is 0 Å². The van der Waals surface area contributed by atoms with E-state index in [1.807, 2.05) is 37.3 Å². The van der Waals surface area contributed by atoms with Crippen LogP contribution in [0.5, 0.6) is 0 Å². The molecule has 4 nitrogen and oxygen atoms in total. The van der Waals surface area contributed by atoms with Gasteiger partial charge in [0.2, 0.25) is 11.8 Å². The highest BCUT2D eigenvalue weighted by atomic mass is 35.5. The van der Waals surface area contributed by atoms with Crippen molar-refractivity contribution in [2.75, 3.05) is 6.54 Å². The van der Waals surface area contributed by atoms with Gasteiger partial charge in [0, 0.05) is 23.1 Å². The predicted molar refractivity (Wildman–Crippen MR) is 105 cm³/mol. The maximum absolute atomic E-state index is 13.0. The van der Waals surface area contributed by atoms with Crippen molar-refractivity contribution < 1.29 is 9.59 Å². The van der Waals surface area contributed by atoms with Gasteiger partial charge in [0.1, 0.15) is 6.04 Å². The summed E-state index contributed by atoms with van der Waals surface area (Å²) in [4.78, 5) is 26.9. The van der Waals surface area contributed by atoms with Crippen molar-refractivity contribution in [2.24, 2.45) is 0 Å². The minimum Gasteiger partial charge on any atom is -0.355 e. The highest BCUT2D eigenvalue weighted by Gasteiger charge is 2.26. The Morgan fingerprint density at radius 2 is 1.65 bits per heavy atom. The third-order valence-corrected chi connectivity index (χ3v) is 4.81. The van der Waals surface area contributed by atoms with Crippen molar-refractivity contribution in [3.8, 4) is 0 Å². The van der Waals surface area contributed by atoms with Gasteiger partial charge in [-0.15, -0.1) is 0 Å². The average Bonchev–Trinajstić information content (AvgIpc) is 2.63. The third kappa shape index (κ3) is 5.23. The summed E-state index contributed by atoms with van der Waals surface area (Å²) in [5.41, 5.74) is 1.52. The number of amides is 2. The summed E-state index contributed by atoms with van der Waals surface area (Å²) in [6, 6.07) is 14.1. The van der Waals surface area contributed by atoms with Gasteiger partial charge in [-0.05, 0) is 37.1 Å². The lowest BCUT2D eigenvalue weighted by atomic mass is 10.1. The number of nitrogens with one attached hydrogen (secondary N) is 1. The number of hydrogen-bond donors (Lipinski definition) is 1. The first-order chi connectivity index (χ1) is 12.4. The number of likely N-dealkylation sites (N-methyl/N-ethyl adjacent to an activating group) is 1. The van der Waals surface area contributed by atoms with Crippen molar-refractivity contribution in [1.29, 1.82) is 0 Å². The first-order valence-corrected chi connectivity index (χ1v) is 9.23. The minimum absolute atomic E-state index is 0.0368. The van der Waals surface area contributed by atoms with Crippen molar-refractivity contribution in [3.63, 3.8) is 0 Å². The van der Waals surface area contributed by atoms with E-state index in [2.05, 4.69) is 5.32 Å². The molecule has 2 aromatic rings. The van der Waals surface area contributed by atoms with E-state index in [-0.39, 0.29) is 18.2 Å². The fourth-order valence-electron chi connectivity index (χ4n) is 2.64. The number of rotatable bonds is 7. The van der Waals surface area contributed by atoms with Gasteiger partial charge in [0.05, 0.1) is 6.42 Å². The maximum atomic E-state index is 13.0. The van der Waals surface area contributed by atoms with Crippen LogP contribution in [0, 0.1) is 0 Å². The molecule has 0 bridgehead atoms. The molecule has 26 heavy (non-hydrogen) atoms. The molecule has 0 aliphatic carbocycles. The highest BCUT2D eigenvalue weighted by molar-refractivity contribution is 6.36. The lowest BCUT2D eigenvalue weighted by molar-refractivity contribution is -0.140. The van der Waals surface area contributed by atoms with Crippen LogP contribution in [0.1, 0.15) is 25.0 Å². The molecule has 2 amide bonds. The molecule has 0 saturated carbocycles. The second kappa shape index (κ2) is 9.60.